The lowest BCUT2D eigenvalue weighted by Crippen LogP contribution is -2.11. The number of ether oxygens (including phenoxy) is 1. The van der Waals surface area contributed by atoms with Crippen LogP contribution in [0.1, 0.15) is 0 Å². The van der Waals surface area contributed by atoms with Crippen molar-refractivity contribution < 1.29 is 30.7 Å². The molecule has 0 saturated heterocycles. The van der Waals surface area contributed by atoms with Gasteiger partial charge in [0.1, 0.15) is 5.75 Å². The van der Waals surface area contributed by atoms with Crippen LogP contribution in [-0.2, 0) is 9.84 Å². The molecule has 1 aromatic carbocycles. The van der Waals surface area contributed by atoms with E-state index < -0.39 is 32.9 Å². The van der Waals surface area contributed by atoms with Gasteiger partial charge in [-0.05, 0) is 24.3 Å². The fourth-order valence-corrected chi connectivity index (χ4v) is 1.59. The monoisotopic (exact) mass is 257 g/mol. The van der Waals surface area contributed by atoms with Gasteiger partial charge in [0.05, 0.1) is 4.90 Å². The van der Waals surface area contributed by atoms with Crippen molar-refractivity contribution >= 4 is 9.84 Å². The number of halogens is 4. The Bertz CT molecular complexity index is 458. The average Bonchev–Trinajstić information content (AvgIpc) is 2.16. The lowest BCUT2D eigenvalue weighted by Gasteiger charge is -2.06. The summed E-state index contributed by atoms with van der Waals surface area (Å²) in [4.78, 5) is -0.819. The van der Waals surface area contributed by atoms with Crippen molar-refractivity contribution in [2.24, 2.45) is 0 Å². The van der Waals surface area contributed by atoms with E-state index in [0.717, 1.165) is 12.1 Å². The predicted octanol–water partition coefficient (Wildman–Crippen LogP) is 2.08. The molecular weight excluding hydrogens is 252 g/mol. The van der Waals surface area contributed by atoms with Crippen molar-refractivity contribution in [3.05, 3.63) is 24.3 Å². The second kappa shape index (κ2) is 4.69. The molecule has 0 aliphatic heterocycles. The lowest BCUT2D eigenvalue weighted by atomic mass is 10.3. The van der Waals surface area contributed by atoms with Gasteiger partial charge in [-0.15, -0.1) is 0 Å². The maximum Gasteiger partial charge on any atom is 0.387 e. The van der Waals surface area contributed by atoms with Gasteiger partial charge in [0, 0.05) is 0 Å². The molecule has 0 spiro atoms. The first-order valence-electron chi connectivity index (χ1n) is 3.82. The van der Waals surface area contributed by atoms with Crippen molar-refractivity contribution in [1.82, 2.24) is 0 Å². The molecule has 0 aliphatic carbocycles. The van der Waals surface area contributed by atoms with Crippen LogP contribution >= 0.6 is 0 Å². The van der Waals surface area contributed by atoms with Crippen LogP contribution in [0.4, 0.5) is 17.6 Å². The summed E-state index contributed by atoms with van der Waals surface area (Å²) in [6, 6.07) is 4.38. The first-order valence-corrected chi connectivity index (χ1v) is 5.36. The maximum atomic E-state index is 12.1. The number of sulfone groups is 1. The van der Waals surface area contributed by atoms with Gasteiger partial charge in [-0.1, -0.05) is 0 Å². The quantitative estimate of drug-likeness (QED) is 0.776. The largest absolute Gasteiger partial charge is 0.435 e. The number of alkyl halides is 4. The van der Waals surface area contributed by atoms with E-state index in [1.165, 1.54) is 0 Å². The van der Waals surface area contributed by atoms with E-state index >= 15 is 0 Å². The van der Waals surface area contributed by atoms with Crippen LogP contribution in [0.5, 0.6) is 5.75 Å². The normalized spacial score (nSPS) is 12.1. The lowest BCUT2D eigenvalue weighted by molar-refractivity contribution is -0.0500. The van der Waals surface area contributed by atoms with E-state index in [2.05, 4.69) is 10.8 Å². The Balaban J connectivity index is 3.08. The maximum absolute atomic E-state index is 12.1. The van der Waals surface area contributed by atoms with Crippen LogP contribution < -0.4 is 4.74 Å². The summed E-state index contributed by atoms with van der Waals surface area (Å²) in [6.45, 7) is -3.17. The molecule has 0 N–H and O–H groups in total. The van der Waals surface area contributed by atoms with Gasteiger partial charge in [-0.25, -0.2) is 8.42 Å². The molecular formula is C8H5F4O3S. The topological polar surface area (TPSA) is 43.4 Å². The summed E-state index contributed by atoms with van der Waals surface area (Å²) < 4.78 is 73.5. The Morgan fingerprint density at radius 2 is 1.81 bits per heavy atom. The minimum atomic E-state index is -4.82. The Labute approximate surface area is 88.6 Å². The van der Waals surface area contributed by atoms with Crippen molar-refractivity contribution in [3.8, 4) is 5.75 Å². The Kier molecular flexibility index (Phi) is 3.74. The van der Waals surface area contributed by atoms with Crippen molar-refractivity contribution in [1.29, 1.82) is 0 Å². The highest BCUT2D eigenvalue weighted by molar-refractivity contribution is 7.91. The van der Waals surface area contributed by atoms with Gasteiger partial charge in [-0.3, -0.25) is 0 Å². The molecule has 0 fully saturated rings. The van der Waals surface area contributed by atoms with E-state index in [1.807, 2.05) is 0 Å². The van der Waals surface area contributed by atoms with Gasteiger partial charge >= 0.3 is 12.4 Å². The Morgan fingerprint density at radius 1 is 1.19 bits per heavy atom. The minimum absolute atomic E-state index is 0.545. The first-order chi connectivity index (χ1) is 7.34. The molecule has 0 aliphatic rings. The number of benzene rings is 1. The summed E-state index contributed by atoms with van der Waals surface area (Å²) in [6.07, 6.45) is 0. The van der Waals surface area contributed by atoms with Crippen molar-refractivity contribution in [2.45, 2.75) is 17.3 Å². The molecule has 89 valence electrons. The van der Waals surface area contributed by atoms with Crippen LogP contribution in [0.3, 0.4) is 0 Å². The average molecular weight is 257 g/mol. The SMILES string of the molecule is O=S(=O)(c1c[c]cc(OC(F)F)c1)C(F)F. The highest BCUT2D eigenvalue weighted by atomic mass is 32.2. The van der Waals surface area contributed by atoms with Crippen LogP contribution in [0.25, 0.3) is 0 Å². The molecule has 3 nitrogen and oxygen atoms in total. The zero-order valence-electron chi connectivity index (χ0n) is 7.53. The van der Waals surface area contributed by atoms with Gasteiger partial charge in [0.25, 0.3) is 0 Å². The molecule has 1 radical (unpaired) electrons. The molecule has 0 heterocycles. The van der Waals surface area contributed by atoms with Crippen molar-refractivity contribution in [3.63, 3.8) is 0 Å². The molecule has 1 aromatic rings. The number of hydrogen-bond acceptors (Lipinski definition) is 3. The van der Waals surface area contributed by atoms with Crippen LogP contribution in [0, 0.1) is 6.07 Å². The van der Waals surface area contributed by atoms with Gasteiger partial charge < -0.3 is 4.74 Å². The molecule has 0 unspecified atom stereocenters. The van der Waals surface area contributed by atoms with E-state index in [9.17, 15) is 26.0 Å². The summed E-state index contributed by atoms with van der Waals surface area (Å²) in [5, 5.41) is 0. The zero-order chi connectivity index (χ0) is 12.3. The van der Waals surface area contributed by atoms with Gasteiger partial charge in [0.2, 0.25) is 9.84 Å². The highest BCUT2D eigenvalue weighted by Crippen LogP contribution is 2.23. The Morgan fingerprint density at radius 3 is 2.31 bits per heavy atom. The van der Waals surface area contributed by atoms with Gasteiger partial charge in [0.15, 0.2) is 0 Å². The molecule has 0 saturated carbocycles. The van der Waals surface area contributed by atoms with Crippen LogP contribution in [-0.4, -0.2) is 20.8 Å². The summed E-state index contributed by atoms with van der Waals surface area (Å²) in [5.74, 6) is -4.17. The number of hydrogen-bond donors (Lipinski definition) is 0. The molecule has 0 atom stereocenters. The molecule has 1 rings (SSSR count). The summed E-state index contributed by atoms with van der Waals surface area (Å²) in [7, 11) is -4.82. The third-order valence-corrected chi connectivity index (χ3v) is 2.89. The molecule has 16 heavy (non-hydrogen) atoms. The van der Waals surface area contributed by atoms with E-state index in [1.54, 1.807) is 0 Å². The van der Waals surface area contributed by atoms with E-state index in [0.29, 0.717) is 6.07 Å². The van der Waals surface area contributed by atoms with Crippen molar-refractivity contribution in [2.75, 3.05) is 0 Å². The third-order valence-electron chi connectivity index (χ3n) is 1.52. The van der Waals surface area contributed by atoms with Gasteiger partial charge in [-0.2, -0.15) is 17.6 Å². The second-order valence-electron chi connectivity index (χ2n) is 2.59. The molecule has 0 aromatic heterocycles. The standard InChI is InChI=1S/C8H5F4O3S/c9-7(10)15-5-2-1-3-6(4-5)16(13,14)8(11)12/h2-4,7-8H. The molecule has 0 amide bonds. The zero-order valence-corrected chi connectivity index (χ0v) is 8.35. The third kappa shape index (κ3) is 2.84. The smallest absolute Gasteiger partial charge is 0.387 e. The second-order valence-corrected chi connectivity index (χ2v) is 4.51. The highest BCUT2D eigenvalue weighted by Gasteiger charge is 2.27. The number of rotatable bonds is 4. The molecule has 8 heteroatoms. The predicted molar refractivity (Wildman–Crippen MR) is 45.1 cm³/mol. The Hall–Kier alpha value is -1.31. The van der Waals surface area contributed by atoms with Crippen LogP contribution in [0.15, 0.2) is 23.1 Å². The molecule has 0 bridgehead atoms. The first kappa shape index (κ1) is 12.8. The minimum Gasteiger partial charge on any atom is -0.435 e. The summed E-state index contributed by atoms with van der Waals surface area (Å²) >= 11 is 0. The van der Waals surface area contributed by atoms with Crippen LogP contribution in [0.2, 0.25) is 0 Å². The van der Waals surface area contributed by atoms with E-state index in [4.69, 9.17) is 0 Å². The fourth-order valence-electron chi connectivity index (χ4n) is 0.868. The fraction of sp³-hybridized carbons (Fsp3) is 0.250. The summed E-state index contributed by atoms with van der Waals surface area (Å²) in [5.41, 5.74) is 0. The van der Waals surface area contributed by atoms with E-state index in [-0.39, 0.29) is 0 Å².